The van der Waals surface area contributed by atoms with Crippen molar-refractivity contribution in [3.8, 4) is 0 Å². The largest absolute Gasteiger partial charge is 0.339 e. The van der Waals surface area contributed by atoms with Gasteiger partial charge in [0.1, 0.15) is 0 Å². The Balaban J connectivity index is 1.59. The second kappa shape index (κ2) is 8.39. The number of carbonyl (C=O) groups is 2. The van der Waals surface area contributed by atoms with E-state index in [0.717, 1.165) is 35.3 Å². The van der Waals surface area contributed by atoms with Crippen molar-refractivity contribution in [2.45, 2.75) is 47.0 Å². The summed E-state index contributed by atoms with van der Waals surface area (Å²) in [5, 5.41) is 0. The number of nitrogens with zero attached hydrogens (tertiary/aromatic N) is 1. The highest BCUT2D eigenvalue weighted by Crippen LogP contribution is 2.26. The number of ketones is 1. The van der Waals surface area contributed by atoms with Crippen LogP contribution in [0.3, 0.4) is 0 Å². The van der Waals surface area contributed by atoms with Gasteiger partial charge in [-0.15, -0.1) is 11.3 Å². The van der Waals surface area contributed by atoms with Crippen molar-refractivity contribution >= 4 is 23.0 Å². The quantitative estimate of drug-likeness (QED) is 0.657. The highest BCUT2D eigenvalue weighted by Gasteiger charge is 2.29. The minimum absolute atomic E-state index is 0.0234. The molecule has 0 bridgehead atoms. The third kappa shape index (κ3) is 4.67. The zero-order valence-corrected chi connectivity index (χ0v) is 17.6. The first-order valence-corrected chi connectivity index (χ1v) is 10.7. The van der Waals surface area contributed by atoms with Crippen LogP contribution in [0.2, 0.25) is 0 Å². The third-order valence-electron chi connectivity index (χ3n) is 5.31. The molecule has 1 aliphatic heterocycles. The van der Waals surface area contributed by atoms with Crippen LogP contribution in [-0.2, 0) is 6.42 Å². The van der Waals surface area contributed by atoms with Crippen LogP contribution < -0.4 is 0 Å². The van der Waals surface area contributed by atoms with Crippen molar-refractivity contribution in [2.24, 2.45) is 11.8 Å². The van der Waals surface area contributed by atoms with Gasteiger partial charge in [0, 0.05) is 34.3 Å². The first kappa shape index (κ1) is 19.8. The fourth-order valence-corrected chi connectivity index (χ4v) is 4.79. The average molecular weight is 384 g/mol. The zero-order valence-electron chi connectivity index (χ0n) is 16.7. The number of hydrogen-bond donors (Lipinski definition) is 0. The van der Waals surface area contributed by atoms with Crippen molar-refractivity contribution in [1.29, 1.82) is 0 Å². The van der Waals surface area contributed by atoms with E-state index in [9.17, 15) is 9.59 Å². The molecule has 3 rings (SSSR count). The number of likely N-dealkylation sites (tertiary alicyclic amines) is 1. The van der Waals surface area contributed by atoms with Crippen LogP contribution in [-0.4, -0.2) is 29.7 Å². The molecule has 1 aromatic carbocycles. The molecule has 1 fully saturated rings. The molecule has 0 radical (unpaired) electrons. The molecule has 0 spiro atoms. The number of carbonyl (C=O) groups excluding carboxylic acids is 2. The Morgan fingerprint density at radius 3 is 2.26 bits per heavy atom. The Bertz CT molecular complexity index is 811. The summed E-state index contributed by atoms with van der Waals surface area (Å²) in [6.07, 6.45) is 2.54. The Morgan fingerprint density at radius 2 is 1.74 bits per heavy atom. The normalized spacial score (nSPS) is 15.4. The fourth-order valence-electron chi connectivity index (χ4n) is 3.87. The molecule has 4 heteroatoms. The summed E-state index contributed by atoms with van der Waals surface area (Å²) in [7, 11) is 0. The summed E-state index contributed by atoms with van der Waals surface area (Å²) in [6.45, 7) is 9.76. The van der Waals surface area contributed by atoms with E-state index in [1.54, 1.807) is 11.3 Å². The highest BCUT2D eigenvalue weighted by molar-refractivity contribution is 7.12. The molecule has 27 heavy (non-hydrogen) atoms. The molecule has 2 aromatic rings. The van der Waals surface area contributed by atoms with E-state index in [2.05, 4.69) is 26.0 Å². The van der Waals surface area contributed by atoms with Crippen LogP contribution in [0.25, 0.3) is 0 Å². The molecule has 144 valence electrons. The van der Waals surface area contributed by atoms with Gasteiger partial charge in [0.25, 0.3) is 5.91 Å². The standard InChI is InChI=1S/C23H29NO2S/c1-15(2)13-18-5-7-19(8-6-18)22(25)20-9-11-24(12-10-20)23(26)21-14-16(3)27-17(21)4/h5-8,14-15,20H,9-13H2,1-4H3. The molecule has 0 aliphatic carbocycles. The number of piperidine rings is 1. The molecule has 1 amide bonds. The Morgan fingerprint density at radius 1 is 1.11 bits per heavy atom. The Kier molecular flexibility index (Phi) is 6.15. The second-order valence-electron chi connectivity index (χ2n) is 8.05. The van der Waals surface area contributed by atoms with Crippen LogP contribution >= 0.6 is 11.3 Å². The minimum Gasteiger partial charge on any atom is -0.339 e. The fraction of sp³-hybridized carbons (Fsp3) is 0.478. The van der Waals surface area contributed by atoms with Gasteiger partial charge in [-0.1, -0.05) is 38.1 Å². The van der Waals surface area contributed by atoms with Gasteiger partial charge in [-0.05, 0) is 50.7 Å². The smallest absolute Gasteiger partial charge is 0.254 e. The predicted molar refractivity (Wildman–Crippen MR) is 112 cm³/mol. The molecule has 0 N–H and O–H groups in total. The van der Waals surface area contributed by atoms with Crippen molar-refractivity contribution in [2.75, 3.05) is 13.1 Å². The molecule has 1 aromatic heterocycles. The van der Waals surface area contributed by atoms with E-state index in [1.807, 2.05) is 36.9 Å². The van der Waals surface area contributed by atoms with Gasteiger partial charge in [0.05, 0.1) is 5.56 Å². The van der Waals surface area contributed by atoms with Crippen molar-refractivity contribution in [3.05, 3.63) is 56.8 Å². The maximum absolute atomic E-state index is 12.8. The van der Waals surface area contributed by atoms with Gasteiger partial charge in [-0.3, -0.25) is 9.59 Å². The van der Waals surface area contributed by atoms with Crippen LogP contribution in [0.1, 0.15) is 62.7 Å². The van der Waals surface area contributed by atoms with Gasteiger partial charge < -0.3 is 4.90 Å². The van der Waals surface area contributed by atoms with Crippen molar-refractivity contribution in [3.63, 3.8) is 0 Å². The van der Waals surface area contributed by atoms with E-state index in [-0.39, 0.29) is 17.6 Å². The lowest BCUT2D eigenvalue weighted by Gasteiger charge is -2.31. The molecule has 0 atom stereocenters. The molecular formula is C23H29NO2S. The van der Waals surface area contributed by atoms with Crippen molar-refractivity contribution < 1.29 is 9.59 Å². The molecule has 0 saturated carbocycles. The molecule has 1 saturated heterocycles. The summed E-state index contributed by atoms with van der Waals surface area (Å²) in [5.41, 5.74) is 2.91. The monoisotopic (exact) mass is 383 g/mol. The lowest BCUT2D eigenvalue weighted by molar-refractivity contribution is 0.0650. The van der Waals surface area contributed by atoms with Crippen molar-refractivity contribution in [1.82, 2.24) is 4.90 Å². The molecule has 1 aliphatic rings. The van der Waals surface area contributed by atoms with E-state index in [0.29, 0.717) is 19.0 Å². The summed E-state index contributed by atoms with van der Waals surface area (Å²) in [6, 6.07) is 10.1. The first-order chi connectivity index (χ1) is 12.8. The number of aryl methyl sites for hydroxylation is 2. The second-order valence-corrected chi connectivity index (χ2v) is 9.51. The summed E-state index contributed by atoms with van der Waals surface area (Å²) in [4.78, 5) is 29.7. The van der Waals surface area contributed by atoms with E-state index in [4.69, 9.17) is 0 Å². The Hall–Kier alpha value is -1.94. The summed E-state index contributed by atoms with van der Waals surface area (Å²) >= 11 is 1.67. The van der Waals surface area contributed by atoms with Crippen LogP contribution in [0.4, 0.5) is 0 Å². The Labute approximate surface area is 166 Å². The van der Waals surface area contributed by atoms with Crippen LogP contribution in [0.15, 0.2) is 30.3 Å². The molecular weight excluding hydrogens is 354 g/mol. The average Bonchev–Trinajstić information content (AvgIpc) is 2.99. The maximum Gasteiger partial charge on any atom is 0.254 e. The van der Waals surface area contributed by atoms with Crippen LogP contribution in [0.5, 0.6) is 0 Å². The van der Waals surface area contributed by atoms with Gasteiger partial charge in [0.2, 0.25) is 0 Å². The van der Waals surface area contributed by atoms with E-state index >= 15 is 0 Å². The number of thiophene rings is 1. The topological polar surface area (TPSA) is 37.4 Å². The number of hydrogen-bond acceptors (Lipinski definition) is 3. The maximum atomic E-state index is 12.8. The molecule has 2 heterocycles. The third-order valence-corrected chi connectivity index (χ3v) is 6.27. The minimum atomic E-state index is 0.0234. The molecule has 0 unspecified atom stereocenters. The van der Waals surface area contributed by atoms with E-state index < -0.39 is 0 Å². The SMILES string of the molecule is Cc1cc(C(=O)N2CCC(C(=O)c3ccc(CC(C)C)cc3)CC2)c(C)s1. The predicted octanol–water partition coefficient (Wildman–Crippen LogP) is 5.30. The van der Waals surface area contributed by atoms with Gasteiger partial charge in [0.15, 0.2) is 5.78 Å². The number of Topliss-reactive ketones (excluding diaryl/α,β-unsaturated/α-hetero) is 1. The van der Waals surface area contributed by atoms with Crippen LogP contribution in [0, 0.1) is 25.7 Å². The zero-order chi connectivity index (χ0) is 19.6. The van der Waals surface area contributed by atoms with Gasteiger partial charge in [-0.2, -0.15) is 0 Å². The highest BCUT2D eigenvalue weighted by atomic mass is 32.1. The lowest BCUT2D eigenvalue weighted by Crippen LogP contribution is -2.40. The number of amides is 1. The number of benzene rings is 1. The summed E-state index contributed by atoms with van der Waals surface area (Å²) in [5.74, 6) is 0.973. The lowest BCUT2D eigenvalue weighted by atomic mass is 9.88. The number of rotatable bonds is 5. The van der Waals surface area contributed by atoms with Gasteiger partial charge >= 0.3 is 0 Å². The van der Waals surface area contributed by atoms with E-state index in [1.165, 1.54) is 10.4 Å². The van der Waals surface area contributed by atoms with Gasteiger partial charge in [-0.25, -0.2) is 0 Å². The molecule has 3 nitrogen and oxygen atoms in total. The first-order valence-electron chi connectivity index (χ1n) is 9.84. The summed E-state index contributed by atoms with van der Waals surface area (Å²) < 4.78 is 0.